The standard InChI is InChI=1S/C18H20N2O4S2/c1-12(2)25-17-7-5-4-6-16(17)18(22)19-14-8-10-15(11-9-14)26(23,24)20-13(3)21/h4-12H,1-3H3,(H,19,22)(H,20,21). The van der Waals surface area contributed by atoms with E-state index in [1.165, 1.54) is 24.3 Å². The molecule has 6 nitrogen and oxygen atoms in total. The van der Waals surface area contributed by atoms with Crippen molar-refractivity contribution in [3.63, 3.8) is 0 Å². The lowest BCUT2D eigenvalue weighted by Crippen LogP contribution is -2.28. The molecule has 2 N–H and O–H groups in total. The van der Waals surface area contributed by atoms with Crippen LogP contribution in [0.2, 0.25) is 0 Å². The number of carbonyl (C=O) groups is 2. The summed E-state index contributed by atoms with van der Waals surface area (Å²) in [6, 6.07) is 12.9. The number of carbonyl (C=O) groups excluding carboxylic acids is 2. The first kappa shape index (κ1) is 20.0. The Kier molecular flexibility index (Phi) is 6.44. The van der Waals surface area contributed by atoms with Crippen LogP contribution in [0.1, 0.15) is 31.1 Å². The third-order valence-corrected chi connectivity index (χ3v) is 5.73. The molecule has 0 saturated heterocycles. The molecule has 0 radical (unpaired) electrons. The fraction of sp³-hybridized carbons (Fsp3) is 0.222. The number of rotatable bonds is 6. The molecule has 138 valence electrons. The smallest absolute Gasteiger partial charge is 0.264 e. The molecular formula is C18H20N2O4S2. The Morgan fingerprint density at radius 2 is 1.62 bits per heavy atom. The van der Waals surface area contributed by atoms with Gasteiger partial charge in [-0.25, -0.2) is 13.1 Å². The number of thioether (sulfide) groups is 1. The van der Waals surface area contributed by atoms with Gasteiger partial charge in [-0.2, -0.15) is 0 Å². The SMILES string of the molecule is CC(=O)NS(=O)(=O)c1ccc(NC(=O)c2ccccc2SC(C)C)cc1. The molecule has 0 spiro atoms. The highest BCUT2D eigenvalue weighted by Crippen LogP contribution is 2.27. The Labute approximate surface area is 157 Å². The van der Waals surface area contributed by atoms with Gasteiger partial charge in [0.1, 0.15) is 0 Å². The maximum absolute atomic E-state index is 12.5. The van der Waals surface area contributed by atoms with Gasteiger partial charge in [-0.3, -0.25) is 9.59 Å². The van der Waals surface area contributed by atoms with Crippen LogP contribution in [-0.2, 0) is 14.8 Å². The van der Waals surface area contributed by atoms with Crippen molar-refractivity contribution in [1.29, 1.82) is 0 Å². The van der Waals surface area contributed by atoms with E-state index in [2.05, 4.69) is 5.32 Å². The summed E-state index contributed by atoms with van der Waals surface area (Å²) in [5, 5.41) is 3.09. The summed E-state index contributed by atoms with van der Waals surface area (Å²) in [6.45, 7) is 5.22. The Morgan fingerprint density at radius 1 is 1.00 bits per heavy atom. The molecule has 2 rings (SSSR count). The molecule has 2 amide bonds. The monoisotopic (exact) mass is 392 g/mol. The largest absolute Gasteiger partial charge is 0.322 e. The molecule has 8 heteroatoms. The number of benzene rings is 2. The number of sulfonamides is 1. The molecule has 2 aromatic rings. The second-order valence-electron chi connectivity index (χ2n) is 5.80. The van der Waals surface area contributed by atoms with Crippen LogP contribution in [0.4, 0.5) is 5.69 Å². The number of hydrogen-bond donors (Lipinski definition) is 2. The minimum atomic E-state index is -3.89. The molecule has 0 atom stereocenters. The molecule has 0 aliphatic carbocycles. The third kappa shape index (κ3) is 5.34. The maximum Gasteiger partial charge on any atom is 0.264 e. The van der Waals surface area contributed by atoms with Gasteiger partial charge in [0.2, 0.25) is 5.91 Å². The van der Waals surface area contributed by atoms with Gasteiger partial charge in [0.05, 0.1) is 10.5 Å². The van der Waals surface area contributed by atoms with Crippen LogP contribution in [0, 0.1) is 0 Å². The average Bonchev–Trinajstić information content (AvgIpc) is 2.54. The first-order chi connectivity index (χ1) is 12.2. The molecular weight excluding hydrogens is 372 g/mol. The van der Waals surface area contributed by atoms with Gasteiger partial charge in [0, 0.05) is 22.8 Å². The number of anilines is 1. The van der Waals surface area contributed by atoms with Crippen molar-refractivity contribution in [3.8, 4) is 0 Å². The molecule has 0 aliphatic rings. The predicted octanol–water partition coefficient (Wildman–Crippen LogP) is 3.26. The zero-order valence-electron chi connectivity index (χ0n) is 14.6. The van der Waals surface area contributed by atoms with Crippen molar-refractivity contribution in [1.82, 2.24) is 4.72 Å². The van der Waals surface area contributed by atoms with Crippen molar-refractivity contribution in [2.45, 2.75) is 35.8 Å². The van der Waals surface area contributed by atoms with Crippen LogP contribution in [0.15, 0.2) is 58.3 Å². The van der Waals surface area contributed by atoms with Gasteiger partial charge in [-0.15, -0.1) is 11.8 Å². The molecule has 0 heterocycles. The molecule has 0 unspecified atom stereocenters. The Balaban J connectivity index is 2.17. The lowest BCUT2D eigenvalue weighted by atomic mass is 10.2. The van der Waals surface area contributed by atoms with E-state index in [9.17, 15) is 18.0 Å². The van der Waals surface area contributed by atoms with Crippen molar-refractivity contribution in [2.24, 2.45) is 0 Å². The van der Waals surface area contributed by atoms with Crippen LogP contribution in [0.5, 0.6) is 0 Å². The van der Waals surface area contributed by atoms with Gasteiger partial charge in [-0.05, 0) is 36.4 Å². The van der Waals surface area contributed by atoms with Crippen LogP contribution in [0.3, 0.4) is 0 Å². The second kappa shape index (κ2) is 8.37. The number of nitrogens with one attached hydrogen (secondary N) is 2. The summed E-state index contributed by atoms with van der Waals surface area (Å²) in [6.07, 6.45) is 0. The summed E-state index contributed by atoms with van der Waals surface area (Å²) in [5.41, 5.74) is 1.02. The second-order valence-corrected chi connectivity index (χ2v) is 9.10. The Hall–Kier alpha value is -2.32. The summed E-state index contributed by atoms with van der Waals surface area (Å²) in [7, 11) is -3.89. The van der Waals surface area contributed by atoms with Gasteiger partial charge in [-0.1, -0.05) is 26.0 Å². The van der Waals surface area contributed by atoms with Gasteiger partial charge in [0.25, 0.3) is 15.9 Å². The van der Waals surface area contributed by atoms with E-state index in [1.54, 1.807) is 23.9 Å². The summed E-state index contributed by atoms with van der Waals surface area (Å²) in [4.78, 5) is 24.3. The van der Waals surface area contributed by atoms with Gasteiger partial charge >= 0.3 is 0 Å². The lowest BCUT2D eigenvalue weighted by molar-refractivity contribution is -0.117. The first-order valence-corrected chi connectivity index (χ1v) is 10.3. The minimum absolute atomic E-state index is 0.0542. The van der Waals surface area contributed by atoms with Crippen LogP contribution in [0.25, 0.3) is 0 Å². The number of amides is 2. The summed E-state index contributed by atoms with van der Waals surface area (Å²) < 4.78 is 25.7. The highest BCUT2D eigenvalue weighted by molar-refractivity contribution is 8.00. The third-order valence-electron chi connectivity index (χ3n) is 3.19. The fourth-order valence-corrected chi connectivity index (χ4v) is 4.12. The molecule has 0 aromatic heterocycles. The minimum Gasteiger partial charge on any atom is -0.322 e. The topological polar surface area (TPSA) is 92.3 Å². The van der Waals surface area contributed by atoms with E-state index in [1.807, 2.05) is 30.7 Å². The van der Waals surface area contributed by atoms with E-state index in [0.717, 1.165) is 11.8 Å². The van der Waals surface area contributed by atoms with E-state index in [-0.39, 0.29) is 10.8 Å². The molecule has 26 heavy (non-hydrogen) atoms. The molecule has 0 saturated carbocycles. The quantitative estimate of drug-likeness (QED) is 0.736. The van der Waals surface area contributed by atoms with Gasteiger partial charge in [0.15, 0.2) is 0 Å². The fourth-order valence-electron chi connectivity index (χ4n) is 2.17. The summed E-state index contributed by atoms with van der Waals surface area (Å²) >= 11 is 1.60. The molecule has 0 aliphatic heterocycles. The van der Waals surface area contributed by atoms with Crippen LogP contribution < -0.4 is 10.0 Å². The average molecular weight is 393 g/mol. The van der Waals surface area contributed by atoms with Crippen LogP contribution >= 0.6 is 11.8 Å². The maximum atomic E-state index is 12.5. The zero-order chi connectivity index (χ0) is 19.3. The lowest BCUT2D eigenvalue weighted by Gasteiger charge is -2.12. The summed E-state index contributed by atoms with van der Waals surface area (Å²) in [5.74, 6) is -0.937. The molecule has 0 bridgehead atoms. The normalized spacial score (nSPS) is 11.2. The van der Waals surface area contributed by atoms with E-state index < -0.39 is 15.9 Å². The van der Waals surface area contributed by atoms with Crippen molar-refractivity contribution in [2.75, 3.05) is 5.32 Å². The van der Waals surface area contributed by atoms with Crippen molar-refractivity contribution < 1.29 is 18.0 Å². The molecule has 2 aromatic carbocycles. The number of hydrogen-bond acceptors (Lipinski definition) is 5. The predicted molar refractivity (Wildman–Crippen MR) is 103 cm³/mol. The Bertz CT molecular complexity index is 907. The Morgan fingerprint density at radius 3 is 2.19 bits per heavy atom. The van der Waals surface area contributed by atoms with Crippen molar-refractivity contribution in [3.05, 3.63) is 54.1 Å². The van der Waals surface area contributed by atoms with Crippen molar-refractivity contribution >= 4 is 39.3 Å². The van der Waals surface area contributed by atoms with E-state index in [0.29, 0.717) is 16.5 Å². The van der Waals surface area contributed by atoms with E-state index >= 15 is 0 Å². The zero-order valence-corrected chi connectivity index (χ0v) is 16.3. The van der Waals surface area contributed by atoms with Gasteiger partial charge < -0.3 is 5.32 Å². The van der Waals surface area contributed by atoms with E-state index in [4.69, 9.17) is 0 Å². The highest BCUT2D eigenvalue weighted by Gasteiger charge is 2.16. The highest BCUT2D eigenvalue weighted by atomic mass is 32.2. The molecule has 0 fully saturated rings. The first-order valence-electron chi connectivity index (χ1n) is 7.89. The van der Waals surface area contributed by atoms with Crippen LogP contribution in [-0.4, -0.2) is 25.5 Å².